The van der Waals surface area contributed by atoms with Gasteiger partial charge in [0.15, 0.2) is 0 Å². The summed E-state index contributed by atoms with van der Waals surface area (Å²) in [5.41, 5.74) is 2.65. The van der Waals surface area contributed by atoms with Gasteiger partial charge < -0.3 is 5.11 Å². The van der Waals surface area contributed by atoms with Gasteiger partial charge in [0.2, 0.25) is 0 Å². The SMILES string of the molecule is OC1(C2CCCCC2)C2CCC1Cc1ccccc1C2. The van der Waals surface area contributed by atoms with Crippen LogP contribution in [0.2, 0.25) is 0 Å². The Morgan fingerprint density at radius 3 is 1.85 bits per heavy atom. The molecule has 0 aromatic heterocycles. The van der Waals surface area contributed by atoms with E-state index in [1.165, 1.54) is 56.1 Å². The van der Waals surface area contributed by atoms with Gasteiger partial charge in [0, 0.05) is 0 Å². The molecular formula is C19H26O. The second-order valence-corrected chi connectivity index (χ2v) is 7.37. The third-order valence-electron chi connectivity index (χ3n) is 6.48. The van der Waals surface area contributed by atoms with Crippen molar-refractivity contribution in [1.82, 2.24) is 0 Å². The van der Waals surface area contributed by atoms with Gasteiger partial charge in [-0.05, 0) is 67.4 Å². The molecule has 20 heavy (non-hydrogen) atoms. The van der Waals surface area contributed by atoms with Gasteiger partial charge in [0.05, 0.1) is 5.60 Å². The van der Waals surface area contributed by atoms with Crippen LogP contribution in [-0.2, 0) is 12.8 Å². The highest BCUT2D eigenvalue weighted by atomic mass is 16.3. The van der Waals surface area contributed by atoms with Crippen LogP contribution in [-0.4, -0.2) is 10.7 Å². The maximum Gasteiger partial charge on any atom is 0.0738 e. The van der Waals surface area contributed by atoms with E-state index >= 15 is 0 Å². The summed E-state index contributed by atoms with van der Waals surface area (Å²) >= 11 is 0. The Hall–Kier alpha value is -0.820. The second kappa shape index (κ2) is 4.87. The molecule has 0 radical (unpaired) electrons. The molecule has 2 fully saturated rings. The minimum absolute atomic E-state index is 0.362. The highest BCUT2D eigenvalue weighted by molar-refractivity contribution is 5.32. The molecule has 1 aromatic rings. The molecule has 2 unspecified atom stereocenters. The monoisotopic (exact) mass is 270 g/mol. The fourth-order valence-corrected chi connectivity index (χ4v) is 5.45. The van der Waals surface area contributed by atoms with E-state index in [1.807, 2.05) is 0 Å². The smallest absolute Gasteiger partial charge is 0.0738 e. The number of aliphatic hydroxyl groups is 1. The van der Waals surface area contributed by atoms with Crippen LogP contribution < -0.4 is 0 Å². The maximum atomic E-state index is 11.6. The molecule has 2 saturated carbocycles. The van der Waals surface area contributed by atoms with Gasteiger partial charge in [0.1, 0.15) is 0 Å². The average Bonchev–Trinajstić information content (AvgIpc) is 2.72. The Kier molecular flexibility index (Phi) is 3.14. The fraction of sp³-hybridized carbons (Fsp3) is 0.684. The van der Waals surface area contributed by atoms with Crippen LogP contribution in [0.1, 0.15) is 56.1 Å². The summed E-state index contributed by atoms with van der Waals surface area (Å²) in [4.78, 5) is 0. The van der Waals surface area contributed by atoms with E-state index in [-0.39, 0.29) is 5.60 Å². The van der Waals surface area contributed by atoms with Crippen LogP contribution in [0.4, 0.5) is 0 Å². The third-order valence-corrected chi connectivity index (χ3v) is 6.48. The molecule has 108 valence electrons. The van der Waals surface area contributed by atoms with Crippen LogP contribution in [0.25, 0.3) is 0 Å². The topological polar surface area (TPSA) is 20.2 Å². The lowest BCUT2D eigenvalue weighted by molar-refractivity contribution is -0.0946. The summed E-state index contributed by atoms with van der Waals surface area (Å²) in [6.45, 7) is 0. The summed E-state index contributed by atoms with van der Waals surface area (Å²) in [5, 5.41) is 11.6. The Bertz CT molecular complexity index is 453. The Balaban J connectivity index is 1.69. The van der Waals surface area contributed by atoms with E-state index in [1.54, 1.807) is 0 Å². The lowest BCUT2D eigenvalue weighted by atomic mass is 9.67. The number of fused-ring (bicyclic) bond motifs is 3. The van der Waals surface area contributed by atoms with E-state index in [4.69, 9.17) is 0 Å². The van der Waals surface area contributed by atoms with Crippen molar-refractivity contribution < 1.29 is 5.11 Å². The van der Waals surface area contributed by atoms with Gasteiger partial charge >= 0.3 is 0 Å². The predicted molar refractivity (Wildman–Crippen MR) is 81.6 cm³/mol. The zero-order chi connectivity index (χ0) is 13.6. The fourth-order valence-electron chi connectivity index (χ4n) is 5.45. The molecule has 0 aliphatic heterocycles. The summed E-state index contributed by atoms with van der Waals surface area (Å²) in [6.07, 6.45) is 11.3. The van der Waals surface area contributed by atoms with E-state index in [0.717, 1.165) is 12.8 Å². The molecule has 0 saturated heterocycles. The van der Waals surface area contributed by atoms with Crippen molar-refractivity contribution in [2.75, 3.05) is 0 Å². The first-order chi connectivity index (χ1) is 9.78. The molecular weight excluding hydrogens is 244 g/mol. The van der Waals surface area contributed by atoms with Crippen molar-refractivity contribution in [1.29, 1.82) is 0 Å². The molecule has 1 aromatic carbocycles. The van der Waals surface area contributed by atoms with Crippen molar-refractivity contribution in [3.05, 3.63) is 35.4 Å². The number of hydrogen-bond acceptors (Lipinski definition) is 1. The quantitative estimate of drug-likeness (QED) is 0.813. The minimum atomic E-state index is -0.362. The highest BCUT2D eigenvalue weighted by Crippen LogP contribution is 2.53. The summed E-state index contributed by atoms with van der Waals surface area (Å²) < 4.78 is 0. The van der Waals surface area contributed by atoms with Crippen LogP contribution >= 0.6 is 0 Å². The third kappa shape index (κ3) is 1.86. The minimum Gasteiger partial charge on any atom is -0.389 e. The lowest BCUT2D eigenvalue weighted by Crippen LogP contribution is -2.48. The van der Waals surface area contributed by atoms with Crippen molar-refractivity contribution in [3.8, 4) is 0 Å². The molecule has 0 spiro atoms. The van der Waals surface area contributed by atoms with Gasteiger partial charge in [-0.3, -0.25) is 0 Å². The predicted octanol–water partition coefficient (Wildman–Crippen LogP) is 4.12. The Labute approximate surface area is 122 Å². The van der Waals surface area contributed by atoms with Gasteiger partial charge in [0.25, 0.3) is 0 Å². The molecule has 0 amide bonds. The van der Waals surface area contributed by atoms with E-state index in [2.05, 4.69) is 24.3 Å². The van der Waals surface area contributed by atoms with Crippen molar-refractivity contribution in [2.45, 2.75) is 63.4 Å². The molecule has 1 nitrogen and oxygen atoms in total. The number of benzene rings is 1. The van der Waals surface area contributed by atoms with E-state index < -0.39 is 0 Å². The van der Waals surface area contributed by atoms with Crippen molar-refractivity contribution in [2.24, 2.45) is 17.8 Å². The Morgan fingerprint density at radius 1 is 0.750 bits per heavy atom. The van der Waals surface area contributed by atoms with Crippen LogP contribution in [0.15, 0.2) is 24.3 Å². The van der Waals surface area contributed by atoms with Crippen LogP contribution in [0.5, 0.6) is 0 Å². The van der Waals surface area contributed by atoms with Crippen LogP contribution in [0.3, 0.4) is 0 Å². The Morgan fingerprint density at radius 2 is 1.30 bits per heavy atom. The number of hydrogen-bond donors (Lipinski definition) is 1. The average molecular weight is 270 g/mol. The van der Waals surface area contributed by atoms with E-state index in [9.17, 15) is 5.11 Å². The van der Waals surface area contributed by atoms with Gasteiger partial charge in [-0.1, -0.05) is 43.5 Å². The largest absolute Gasteiger partial charge is 0.389 e. The lowest BCUT2D eigenvalue weighted by Gasteiger charge is -2.43. The van der Waals surface area contributed by atoms with Gasteiger partial charge in [-0.15, -0.1) is 0 Å². The molecule has 3 aliphatic carbocycles. The standard InChI is InChI=1S/C19H26O/c20-19(16-8-2-1-3-9-16)17-10-11-18(19)13-15-7-5-4-6-14(15)12-17/h4-7,16-18,20H,1-3,8-13H2. The van der Waals surface area contributed by atoms with Crippen molar-refractivity contribution in [3.63, 3.8) is 0 Å². The zero-order valence-electron chi connectivity index (χ0n) is 12.4. The van der Waals surface area contributed by atoms with E-state index in [0.29, 0.717) is 17.8 Å². The maximum absolute atomic E-state index is 11.6. The van der Waals surface area contributed by atoms with Gasteiger partial charge in [-0.2, -0.15) is 0 Å². The van der Waals surface area contributed by atoms with Crippen molar-refractivity contribution >= 4 is 0 Å². The number of rotatable bonds is 1. The molecule has 2 bridgehead atoms. The summed E-state index contributed by atoms with van der Waals surface area (Å²) in [5.74, 6) is 1.60. The normalized spacial score (nSPS) is 37.5. The zero-order valence-corrected chi connectivity index (χ0v) is 12.4. The van der Waals surface area contributed by atoms with Gasteiger partial charge in [-0.25, -0.2) is 0 Å². The molecule has 2 atom stereocenters. The summed E-state index contributed by atoms with van der Waals surface area (Å²) in [6, 6.07) is 8.91. The summed E-state index contributed by atoms with van der Waals surface area (Å²) in [7, 11) is 0. The van der Waals surface area contributed by atoms with Crippen LogP contribution in [0, 0.1) is 17.8 Å². The first-order valence-electron chi connectivity index (χ1n) is 8.57. The molecule has 0 heterocycles. The second-order valence-electron chi connectivity index (χ2n) is 7.37. The highest BCUT2D eigenvalue weighted by Gasteiger charge is 2.54. The molecule has 1 heteroatoms. The molecule has 1 N–H and O–H groups in total. The first kappa shape index (κ1) is 12.9. The first-order valence-corrected chi connectivity index (χ1v) is 8.57. The molecule has 4 rings (SSSR count). The molecule has 3 aliphatic rings.